The molecule has 0 spiro atoms. The SMILES string of the molecule is COC(=O)[C@@H](CCCNC(=N)N)NS(=O)(=O)c1cc(F)c(Oc2ccc(F)cc2)c(F)c1. The lowest BCUT2D eigenvalue weighted by molar-refractivity contribution is -0.142. The van der Waals surface area contributed by atoms with Crippen LogP contribution in [0, 0.1) is 22.9 Å². The smallest absolute Gasteiger partial charge is 0.323 e. The summed E-state index contributed by atoms with van der Waals surface area (Å²) < 4.78 is 78.7. The van der Waals surface area contributed by atoms with E-state index in [2.05, 4.69) is 10.1 Å². The molecule has 0 aliphatic rings. The Morgan fingerprint density at radius 3 is 2.28 bits per heavy atom. The fraction of sp³-hybridized carbons (Fsp3) is 0.263. The van der Waals surface area contributed by atoms with Gasteiger partial charge in [0.2, 0.25) is 10.0 Å². The summed E-state index contributed by atoms with van der Waals surface area (Å²) in [4.78, 5) is 11.2. The molecule has 0 aliphatic carbocycles. The normalized spacial score (nSPS) is 12.1. The van der Waals surface area contributed by atoms with E-state index >= 15 is 0 Å². The number of sulfonamides is 1. The first-order chi connectivity index (χ1) is 15.0. The molecule has 0 aromatic heterocycles. The number of rotatable bonds is 10. The third-order valence-electron chi connectivity index (χ3n) is 4.08. The van der Waals surface area contributed by atoms with Crippen molar-refractivity contribution in [3.8, 4) is 11.5 Å². The molecule has 5 N–H and O–H groups in total. The number of methoxy groups -OCH3 is 1. The van der Waals surface area contributed by atoms with Gasteiger partial charge in [-0.15, -0.1) is 0 Å². The number of benzene rings is 2. The molecule has 0 amide bonds. The van der Waals surface area contributed by atoms with Crippen molar-refractivity contribution < 1.29 is 35.9 Å². The number of hydrogen-bond acceptors (Lipinski definition) is 6. The van der Waals surface area contributed by atoms with Gasteiger partial charge >= 0.3 is 5.97 Å². The second-order valence-corrected chi connectivity index (χ2v) is 8.17. The van der Waals surface area contributed by atoms with Crippen LogP contribution in [-0.4, -0.2) is 40.0 Å². The van der Waals surface area contributed by atoms with E-state index < -0.39 is 50.1 Å². The third-order valence-corrected chi connectivity index (χ3v) is 5.53. The second kappa shape index (κ2) is 10.8. The monoisotopic (exact) mass is 474 g/mol. The summed E-state index contributed by atoms with van der Waals surface area (Å²) in [5, 5.41) is 9.55. The highest BCUT2D eigenvalue weighted by Crippen LogP contribution is 2.30. The minimum Gasteiger partial charge on any atom is -0.468 e. The number of esters is 1. The van der Waals surface area contributed by atoms with E-state index in [1.165, 1.54) is 0 Å². The predicted octanol–water partition coefficient (Wildman–Crippen LogP) is 1.98. The molecule has 0 fully saturated rings. The fourth-order valence-electron chi connectivity index (χ4n) is 2.56. The Hall–Kier alpha value is -3.32. The quantitative estimate of drug-likeness (QED) is 0.178. The van der Waals surface area contributed by atoms with Gasteiger partial charge in [-0.2, -0.15) is 4.72 Å². The molecule has 0 bridgehead atoms. The van der Waals surface area contributed by atoms with Crippen LogP contribution < -0.4 is 20.5 Å². The van der Waals surface area contributed by atoms with Crippen molar-refractivity contribution in [3.63, 3.8) is 0 Å². The van der Waals surface area contributed by atoms with Crippen molar-refractivity contribution in [1.82, 2.24) is 10.0 Å². The molecule has 2 aromatic rings. The molecule has 9 nitrogen and oxygen atoms in total. The van der Waals surface area contributed by atoms with Gasteiger partial charge < -0.3 is 20.5 Å². The number of ether oxygens (including phenoxy) is 2. The van der Waals surface area contributed by atoms with E-state index in [-0.39, 0.29) is 31.1 Å². The zero-order valence-corrected chi connectivity index (χ0v) is 17.6. The molecular weight excluding hydrogens is 453 g/mol. The average Bonchev–Trinajstić information content (AvgIpc) is 2.73. The third kappa shape index (κ3) is 6.85. The number of carbonyl (C=O) groups is 1. The van der Waals surface area contributed by atoms with Gasteiger partial charge in [0, 0.05) is 6.54 Å². The summed E-state index contributed by atoms with van der Waals surface area (Å²) in [6.45, 7) is 0.184. The molecule has 2 rings (SSSR count). The fourth-order valence-corrected chi connectivity index (χ4v) is 3.80. The first-order valence-electron chi connectivity index (χ1n) is 9.14. The Morgan fingerprint density at radius 1 is 1.16 bits per heavy atom. The zero-order valence-electron chi connectivity index (χ0n) is 16.8. The Balaban J connectivity index is 2.21. The van der Waals surface area contributed by atoms with Crippen LogP contribution in [0.15, 0.2) is 41.3 Å². The van der Waals surface area contributed by atoms with Crippen LogP contribution in [0.2, 0.25) is 0 Å². The van der Waals surface area contributed by atoms with Gasteiger partial charge in [0.15, 0.2) is 23.3 Å². The summed E-state index contributed by atoms with van der Waals surface area (Å²) in [7, 11) is -3.48. The van der Waals surface area contributed by atoms with E-state index in [9.17, 15) is 26.4 Å². The average molecular weight is 474 g/mol. The molecule has 0 heterocycles. The van der Waals surface area contributed by atoms with Crippen LogP contribution in [0.1, 0.15) is 12.8 Å². The summed E-state index contributed by atoms with van der Waals surface area (Å²) >= 11 is 0. The molecule has 0 unspecified atom stereocenters. The summed E-state index contributed by atoms with van der Waals surface area (Å²) in [5.41, 5.74) is 5.14. The highest BCUT2D eigenvalue weighted by Gasteiger charge is 2.28. The maximum Gasteiger partial charge on any atom is 0.323 e. The summed E-state index contributed by atoms with van der Waals surface area (Å²) in [5.74, 6) is -5.38. The number of halogens is 3. The first kappa shape index (κ1) is 24.9. The van der Waals surface area contributed by atoms with Crippen molar-refractivity contribution in [1.29, 1.82) is 5.41 Å². The number of nitrogens with one attached hydrogen (secondary N) is 3. The van der Waals surface area contributed by atoms with Gasteiger partial charge in [-0.1, -0.05) is 0 Å². The maximum absolute atomic E-state index is 14.4. The second-order valence-electron chi connectivity index (χ2n) is 6.45. The molecule has 0 saturated carbocycles. The molecule has 1 atom stereocenters. The summed E-state index contributed by atoms with van der Waals surface area (Å²) in [6, 6.07) is 4.02. The first-order valence-corrected chi connectivity index (χ1v) is 10.6. The molecule has 32 heavy (non-hydrogen) atoms. The molecule has 2 aromatic carbocycles. The molecular formula is C19H21F3N4O5S. The van der Waals surface area contributed by atoms with Crippen LogP contribution in [0.4, 0.5) is 13.2 Å². The van der Waals surface area contributed by atoms with Crippen molar-refractivity contribution in [3.05, 3.63) is 53.8 Å². The largest absolute Gasteiger partial charge is 0.468 e. The van der Waals surface area contributed by atoms with E-state index in [1.807, 2.05) is 4.72 Å². The lowest BCUT2D eigenvalue weighted by Crippen LogP contribution is -2.42. The van der Waals surface area contributed by atoms with Gasteiger partial charge in [-0.25, -0.2) is 21.6 Å². The molecule has 0 saturated heterocycles. The van der Waals surface area contributed by atoms with Crippen LogP contribution >= 0.6 is 0 Å². The van der Waals surface area contributed by atoms with Gasteiger partial charge in [-0.3, -0.25) is 10.2 Å². The van der Waals surface area contributed by atoms with E-state index in [0.29, 0.717) is 12.1 Å². The Labute approximate surface area is 182 Å². The minimum absolute atomic E-state index is 0.0388. The Bertz CT molecular complexity index is 1060. The van der Waals surface area contributed by atoms with Gasteiger partial charge in [0.1, 0.15) is 17.6 Å². The molecule has 13 heteroatoms. The van der Waals surface area contributed by atoms with Crippen LogP contribution in [0.5, 0.6) is 11.5 Å². The summed E-state index contributed by atoms with van der Waals surface area (Å²) in [6.07, 6.45) is 0.192. The highest BCUT2D eigenvalue weighted by atomic mass is 32.2. The number of guanidine groups is 1. The number of hydrogen-bond donors (Lipinski definition) is 4. The van der Waals surface area contributed by atoms with Crippen molar-refractivity contribution >= 4 is 22.0 Å². The predicted molar refractivity (Wildman–Crippen MR) is 108 cm³/mol. The van der Waals surface area contributed by atoms with Crippen molar-refractivity contribution in [2.24, 2.45) is 5.73 Å². The van der Waals surface area contributed by atoms with Crippen LogP contribution in [0.25, 0.3) is 0 Å². The lowest BCUT2D eigenvalue weighted by atomic mass is 10.2. The van der Waals surface area contributed by atoms with Gasteiger partial charge in [0.25, 0.3) is 0 Å². The highest BCUT2D eigenvalue weighted by molar-refractivity contribution is 7.89. The van der Waals surface area contributed by atoms with Crippen LogP contribution in [-0.2, 0) is 19.6 Å². The number of nitrogens with two attached hydrogens (primary N) is 1. The van der Waals surface area contributed by atoms with Crippen molar-refractivity contribution in [2.75, 3.05) is 13.7 Å². The van der Waals surface area contributed by atoms with Crippen LogP contribution in [0.3, 0.4) is 0 Å². The number of carbonyl (C=O) groups excluding carboxylic acids is 1. The Morgan fingerprint density at radius 2 is 1.75 bits per heavy atom. The van der Waals surface area contributed by atoms with E-state index in [1.54, 1.807) is 0 Å². The molecule has 0 aliphatic heterocycles. The lowest BCUT2D eigenvalue weighted by Gasteiger charge is -2.17. The Kier molecular flexibility index (Phi) is 8.43. The van der Waals surface area contributed by atoms with Crippen molar-refractivity contribution in [2.45, 2.75) is 23.8 Å². The minimum atomic E-state index is -4.53. The standard InChI is InChI=1S/C19H21F3N4O5S/c1-30-18(27)16(3-2-8-25-19(23)24)26-32(28,29)13-9-14(21)17(15(22)10-13)31-12-6-4-11(20)5-7-12/h4-7,9-10,16,26H,2-3,8H2,1H3,(H4,23,24,25)/t16-/m1/s1. The molecule has 0 radical (unpaired) electrons. The van der Waals surface area contributed by atoms with Gasteiger partial charge in [0.05, 0.1) is 12.0 Å². The van der Waals surface area contributed by atoms with Gasteiger partial charge in [-0.05, 0) is 49.2 Å². The van der Waals surface area contributed by atoms with E-state index in [0.717, 1.165) is 31.4 Å². The van der Waals surface area contributed by atoms with E-state index in [4.69, 9.17) is 15.9 Å². The molecule has 174 valence electrons. The topological polar surface area (TPSA) is 144 Å². The maximum atomic E-state index is 14.4. The zero-order chi connectivity index (χ0) is 23.9.